The highest BCUT2D eigenvalue weighted by molar-refractivity contribution is 5.85. The van der Waals surface area contributed by atoms with Crippen LogP contribution in [0.1, 0.15) is 13.8 Å². The van der Waals surface area contributed by atoms with E-state index in [1.165, 1.54) is 0 Å². The molecule has 1 rings (SSSR count). The molecule has 10 heavy (non-hydrogen) atoms. The van der Waals surface area contributed by atoms with E-state index < -0.39 is 11.2 Å². The van der Waals surface area contributed by atoms with E-state index in [1.54, 1.807) is 13.8 Å². The summed E-state index contributed by atoms with van der Waals surface area (Å²) in [6.45, 7) is 4.21. The van der Waals surface area contributed by atoms with Crippen molar-refractivity contribution in [3.05, 3.63) is 0 Å². The van der Waals surface area contributed by atoms with Gasteiger partial charge in [-0.25, -0.2) is 0 Å². The molecule has 4 heteroatoms. The monoisotopic (exact) mass is 167 g/mol. The van der Waals surface area contributed by atoms with Crippen LogP contribution in [0.25, 0.3) is 0 Å². The molecule has 1 fully saturated rings. The van der Waals surface area contributed by atoms with Crippen LogP contribution in [0.3, 0.4) is 0 Å². The molecule has 0 aromatic carbocycles. The van der Waals surface area contributed by atoms with Crippen molar-refractivity contribution in [3.63, 3.8) is 0 Å². The zero-order valence-corrected chi connectivity index (χ0v) is 7.03. The minimum Gasteiger partial charge on any atom is -0.386 e. The number of halogens is 1. The fourth-order valence-corrected chi connectivity index (χ4v) is 0.930. The third kappa shape index (κ3) is 1.42. The first kappa shape index (κ1) is 10.2. The van der Waals surface area contributed by atoms with Crippen LogP contribution in [0.2, 0.25) is 0 Å². The second-order valence-electron chi connectivity index (χ2n) is 3.15. The van der Waals surface area contributed by atoms with Gasteiger partial charge in [-0.2, -0.15) is 0 Å². The smallest absolute Gasteiger partial charge is 0.104 e. The van der Waals surface area contributed by atoms with Crippen LogP contribution in [0.4, 0.5) is 0 Å². The molecule has 1 heterocycles. The first-order chi connectivity index (χ1) is 3.96. The van der Waals surface area contributed by atoms with Crippen molar-refractivity contribution in [2.45, 2.75) is 25.0 Å². The van der Waals surface area contributed by atoms with Gasteiger partial charge in [0, 0.05) is 13.1 Å². The van der Waals surface area contributed by atoms with Crippen molar-refractivity contribution < 1.29 is 10.2 Å². The Kier molecular flexibility index (Phi) is 2.70. The Labute approximate surface area is 66.8 Å². The van der Waals surface area contributed by atoms with Crippen LogP contribution in [-0.2, 0) is 0 Å². The molecule has 0 aromatic heterocycles. The molecule has 1 aliphatic rings. The SMILES string of the molecule is C[C@]1(O)CNC[C@@]1(C)O.Cl. The average molecular weight is 168 g/mol. The van der Waals surface area contributed by atoms with Gasteiger partial charge in [0.15, 0.2) is 0 Å². The highest BCUT2D eigenvalue weighted by Gasteiger charge is 2.45. The number of hydrogen-bond donors (Lipinski definition) is 3. The van der Waals surface area contributed by atoms with Crippen LogP contribution in [0.5, 0.6) is 0 Å². The largest absolute Gasteiger partial charge is 0.386 e. The van der Waals surface area contributed by atoms with Crippen molar-refractivity contribution in [3.8, 4) is 0 Å². The first-order valence-electron chi connectivity index (χ1n) is 3.11. The van der Waals surface area contributed by atoms with Crippen molar-refractivity contribution in [1.82, 2.24) is 5.32 Å². The molecule has 0 radical (unpaired) electrons. The molecule has 3 N–H and O–H groups in total. The highest BCUT2D eigenvalue weighted by atomic mass is 35.5. The van der Waals surface area contributed by atoms with Crippen LogP contribution < -0.4 is 5.32 Å². The molecule has 2 atom stereocenters. The van der Waals surface area contributed by atoms with E-state index in [2.05, 4.69) is 5.32 Å². The summed E-state index contributed by atoms with van der Waals surface area (Å²) >= 11 is 0. The summed E-state index contributed by atoms with van der Waals surface area (Å²) in [6.07, 6.45) is 0. The normalized spacial score (nSPS) is 46.8. The van der Waals surface area contributed by atoms with Gasteiger partial charge >= 0.3 is 0 Å². The predicted octanol–water partition coefficient (Wildman–Crippen LogP) is -0.487. The van der Waals surface area contributed by atoms with E-state index in [1.807, 2.05) is 0 Å². The van der Waals surface area contributed by atoms with Crippen LogP contribution >= 0.6 is 12.4 Å². The Morgan fingerprint density at radius 1 is 1.10 bits per heavy atom. The maximum atomic E-state index is 9.41. The van der Waals surface area contributed by atoms with Gasteiger partial charge in [0.2, 0.25) is 0 Å². The summed E-state index contributed by atoms with van der Waals surface area (Å²) in [5, 5.41) is 21.7. The van der Waals surface area contributed by atoms with Crippen LogP contribution in [0, 0.1) is 0 Å². The molecular weight excluding hydrogens is 154 g/mol. The number of β-amino-alcohol motifs (C(OH)–C–C–N with tert-alkyl or cyclic N) is 2. The third-order valence-electron chi connectivity index (χ3n) is 2.10. The van der Waals surface area contributed by atoms with Crippen molar-refractivity contribution in [1.29, 1.82) is 0 Å². The quantitative estimate of drug-likeness (QED) is 0.457. The molecule has 62 valence electrons. The highest BCUT2D eigenvalue weighted by Crippen LogP contribution is 2.24. The Balaban J connectivity index is 0.000000810. The number of rotatable bonds is 0. The zero-order valence-electron chi connectivity index (χ0n) is 6.22. The fourth-order valence-electron chi connectivity index (χ4n) is 0.930. The van der Waals surface area contributed by atoms with Gasteiger partial charge in [-0.05, 0) is 13.8 Å². The van der Waals surface area contributed by atoms with Gasteiger partial charge in [0.25, 0.3) is 0 Å². The molecule has 1 saturated heterocycles. The molecule has 0 unspecified atom stereocenters. The minimum absolute atomic E-state index is 0. The van der Waals surface area contributed by atoms with E-state index in [-0.39, 0.29) is 12.4 Å². The third-order valence-corrected chi connectivity index (χ3v) is 2.10. The lowest BCUT2D eigenvalue weighted by molar-refractivity contribution is -0.0935. The Morgan fingerprint density at radius 2 is 1.40 bits per heavy atom. The van der Waals surface area contributed by atoms with Crippen LogP contribution in [0.15, 0.2) is 0 Å². The van der Waals surface area contributed by atoms with E-state index in [4.69, 9.17) is 0 Å². The molecule has 0 amide bonds. The Morgan fingerprint density at radius 3 is 1.50 bits per heavy atom. The molecule has 0 aromatic rings. The van der Waals surface area contributed by atoms with Gasteiger partial charge in [-0.3, -0.25) is 0 Å². The molecule has 3 nitrogen and oxygen atoms in total. The number of nitrogens with one attached hydrogen (secondary N) is 1. The Hall–Kier alpha value is 0.170. The maximum Gasteiger partial charge on any atom is 0.104 e. The average Bonchev–Trinajstić information content (AvgIpc) is 1.81. The first-order valence-corrected chi connectivity index (χ1v) is 3.11. The molecular formula is C6H14ClNO2. The van der Waals surface area contributed by atoms with Crippen LogP contribution in [-0.4, -0.2) is 34.5 Å². The van der Waals surface area contributed by atoms with Crippen molar-refractivity contribution >= 4 is 12.4 Å². The van der Waals surface area contributed by atoms with Gasteiger partial charge < -0.3 is 15.5 Å². The summed E-state index contributed by atoms with van der Waals surface area (Å²) in [4.78, 5) is 0. The van der Waals surface area contributed by atoms with Gasteiger partial charge in [-0.15, -0.1) is 12.4 Å². The van der Waals surface area contributed by atoms with Crippen molar-refractivity contribution in [2.24, 2.45) is 0 Å². The minimum atomic E-state index is -0.965. The zero-order chi connectivity index (χ0) is 7.12. The van der Waals surface area contributed by atoms with E-state index in [0.717, 1.165) is 0 Å². The number of aliphatic hydroxyl groups is 2. The molecule has 0 bridgehead atoms. The fraction of sp³-hybridized carbons (Fsp3) is 1.00. The number of hydrogen-bond acceptors (Lipinski definition) is 3. The second-order valence-corrected chi connectivity index (χ2v) is 3.15. The summed E-state index contributed by atoms with van der Waals surface area (Å²) in [5.41, 5.74) is -1.93. The van der Waals surface area contributed by atoms with E-state index in [9.17, 15) is 10.2 Å². The predicted molar refractivity (Wildman–Crippen MR) is 41.4 cm³/mol. The van der Waals surface area contributed by atoms with E-state index >= 15 is 0 Å². The van der Waals surface area contributed by atoms with E-state index in [0.29, 0.717) is 13.1 Å². The second kappa shape index (κ2) is 2.66. The summed E-state index contributed by atoms with van der Waals surface area (Å²) < 4.78 is 0. The lowest BCUT2D eigenvalue weighted by Crippen LogP contribution is -2.48. The maximum absolute atomic E-state index is 9.41. The molecule has 0 spiro atoms. The van der Waals surface area contributed by atoms with Gasteiger partial charge in [0.05, 0.1) is 0 Å². The van der Waals surface area contributed by atoms with Gasteiger partial charge in [-0.1, -0.05) is 0 Å². The van der Waals surface area contributed by atoms with Gasteiger partial charge in [0.1, 0.15) is 11.2 Å². The topological polar surface area (TPSA) is 52.5 Å². The molecule has 0 aliphatic carbocycles. The standard InChI is InChI=1S/C6H13NO2.ClH/c1-5(8)3-7-4-6(5,2)9;/h7-9H,3-4H2,1-2H3;1H/t5-,6+;. The Bertz CT molecular complexity index is 111. The summed E-state index contributed by atoms with van der Waals surface area (Å²) in [6, 6.07) is 0. The molecule has 1 aliphatic heterocycles. The summed E-state index contributed by atoms with van der Waals surface area (Å²) in [7, 11) is 0. The summed E-state index contributed by atoms with van der Waals surface area (Å²) in [5.74, 6) is 0. The molecule has 0 saturated carbocycles. The van der Waals surface area contributed by atoms with Crippen molar-refractivity contribution in [2.75, 3.05) is 13.1 Å². The lowest BCUT2D eigenvalue weighted by Gasteiger charge is -2.29. The lowest BCUT2D eigenvalue weighted by atomic mass is 9.90.